The molecule has 0 radical (unpaired) electrons. The highest BCUT2D eigenvalue weighted by atomic mass is 16.8. The maximum atomic E-state index is 11.7. The Kier molecular flexibility index (Phi) is 5.98. The molecule has 0 bridgehead atoms. The Labute approximate surface area is 173 Å². The number of carbonyl (C=O) groups excluding carboxylic acids is 2. The van der Waals surface area contributed by atoms with E-state index in [0.717, 1.165) is 30.4 Å². The van der Waals surface area contributed by atoms with Crippen LogP contribution in [0.25, 0.3) is 0 Å². The lowest BCUT2D eigenvalue weighted by molar-refractivity contribution is -0.215. The van der Waals surface area contributed by atoms with Gasteiger partial charge in [0.1, 0.15) is 0 Å². The van der Waals surface area contributed by atoms with Gasteiger partial charge in [-0.25, -0.2) is 0 Å². The smallest absolute Gasteiger partial charge is 0.304 e. The summed E-state index contributed by atoms with van der Waals surface area (Å²) in [5.41, 5.74) is 2.25. The molecule has 1 saturated heterocycles. The average Bonchev–Trinajstić information content (AvgIpc) is 2.91. The lowest BCUT2D eigenvalue weighted by Gasteiger charge is -2.48. The predicted octanol–water partition coefficient (Wildman–Crippen LogP) is 3.88. The molecular weight excluding hydrogens is 372 g/mol. The van der Waals surface area contributed by atoms with E-state index in [-0.39, 0.29) is 16.7 Å². The van der Waals surface area contributed by atoms with E-state index >= 15 is 0 Å². The third-order valence-electron chi connectivity index (χ3n) is 6.67. The van der Waals surface area contributed by atoms with Gasteiger partial charge in [0.05, 0.1) is 17.9 Å². The fourth-order valence-corrected chi connectivity index (χ4v) is 5.80. The van der Waals surface area contributed by atoms with E-state index in [2.05, 4.69) is 20.8 Å². The molecule has 1 saturated carbocycles. The summed E-state index contributed by atoms with van der Waals surface area (Å²) in [5, 5.41) is 11.1. The minimum absolute atomic E-state index is 0.0875. The third kappa shape index (κ3) is 4.29. The van der Waals surface area contributed by atoms with Crippen LogP contribution in [0.5, 0.6) is 0 Å². The van der Waals surface area contributed by atoms with Gasteiger partial charge in [0.15, 0.2) is 0 Å². The van der Waals surface area contributed by atoms with Crippen LogP contribution in [0.15, 0.2) is 23.3 Å². The van der Waals surface area contributed by atoms with Crippen LogP contribution in [0.1, 0.15) is 67.2 Å². The van der Waals surface area contributed by atoms with Gasteiger partial charge < -0.3 is 19.3 Å². The average molecular weight is 407 g/mol. The van der Waals surface area contributed by atoms with Crippen LogP contribution >= 0.6 is 0 Å². The molecule has 0 amide bonds. The Morgan fingerprint density at radius 1 is 1.14 bits per heavy atom. The van der Waals surface area contributed by atoms with Crippen molar-refractivity contribution >= 4 is 11.9 Å². The minimum Gasteiger partial charge on any atom is -0.435 e. The molecule has 29 heavy (non-hydrogen) atoms. The van der Waals surface area contributed by atoms with Crippen LogP contribution in [0.3, 0.4) is 0 Å². The number of aliphatic hydroxyl groups excluding tert-OH is 1. The lowest BCUT2D eigenvalue weighted by atomic mass is 9.57. The SMILES string of the molecule is CC=C1C([C@@]2(C)CCCC(C)(C)C2)=C[C@H](O)[C@H]2[C@H](OC(C)=O)O[C@H](OC(C)=O)[C@@H]12. The molecule has 162 valence electrons. The monoisotopic (exact) mass is 406 g/mol. The van der Waals surface area contributed by atoms with Crippen molar-refractivity contribution in [3.63, 3.8) is 0 Å². The summed E-state index contributed by atoms with van der Waals surface area (Å²) < 4.78 is 16.6. The van der Waals surface area contributed by atoms with E-state index in [1.54, 1.807) is 0 Å². The number of allylic oxidation sites excluding steroid dienone is 2. The first kappa shape index (κ1) is 22.0. The largest absolute Gasteiger partial charge is 0.435 e. The molecule has 6 nitrogen and oxygen atoms in total. The van der Waals surface area contributed by atoms with Crippen molar-refractivity contribution in [3.05, 3.63) is 23.3 Å². The van der Waals surface area contributed by atoms with Crippen LogP contribution in [-0.2, 0) is 23.8 Å². The number of esters is 2. The zero-order valence-corrected chi connectivity index (χ0v) is 18.4. The molecule has 0 unspecified atom stereocenters. The molecule has 1 heterocycles. The number of hydrogen-bond acceptors (Lipinski definition) is 6. The Balaban J connectivity index is 2.03. The van der Waals surface area contributed by atoms with Gasteiger partial charge in [-0.1, -0.05) is 39.3 Å². The normalized spacial score (nSPS) is 40.2. The molecule has 0 aromatic heterocycles. The van der Waals surface area contributed by atoms with Crippen LogP contribution in [0, 0.1) is 22.7 Å². The molecule has 6 atom stereocenters. The maximum Gasteiger partial charge on any atom is 0.304 e. The topological polar surface area (TPSA) is 82.1 Å². The first-order valence-electron chi connectivity index (χ1n) is 10.5. The summed E-state index contributed by atoms with van der Waals surface area (Å²) in [5.74, 6) is -1.87. The van der Waals surface area contributed by atoms with Gasteiger partial charge in [-0.05, 0) is 48.2 Å². The van der Waals surface area contributed by atoms with Gasteiger partial charge in [-0.2, -0.15) is 0 Å². The molecule has 1 N–H and O–H groups in total. The van der Waals surface area contributed by atoms with Gasteiger partial charge in [-0.3, -0.25) is 9.59 Å². The van der Waals surface area contributed by atoms with E-state index in [4.69, 9.17) is 14.2 Å². The van der Waals surface area contributed by atoms with Gasteiger partial charge in [-0.15, -0.1) is 0 Å². The van der Waals surface area contributed by atoms with Crippen molar-refractivity contribution in [1.82, 2.24) is 0 Å². The second-order valence-corrected chi connectivity index (χ2v) is 9.77. The van der Waals surface area contributed by atoms with E-state index in [1.807, 2.05) is 19.1 Å². The lowest BCUT2D eigenvalue weighted by Crippen LogP contribution is -2.43. The van der Waals surface area contributed by atoms with Gasteiger partial charge in [0, 0.05) is 13.8 Å². The highest BCUT2D eigenvalue weighted by molar-refractivity contribution is 5.67. The van der Waals surface area contributed by atoms with Crippen LogP contribution in [0.4, 0.5) is 0 Å². The minimum atomic E-state index is -0.958. The molecule has 2 aliphatic carbocycles. The summed E-state index contributed by atoms with van der Waals surface area (Å²) in [7, 11) is 0. The van der Waals surface area contributed by atoms with Gasteiger partial charge in [0.25, 0.3) is 0 Å². The van der Waals surface area contributed by atoms with E-state index in [9.17, 15) is 14.7 Å². The van der Waals surface area contributed by atoms with Crippen LogP contribution in [-0.4, -0.2) is 35.7 Å². The predicted molar refractivity (Wildman–Crippen MR) is 107 cm³/mol. The van der Waals surface area contributed by atoms with Crippen molar-refractivity contribution in [3.8, 4) is 0 Å². The highest BCUT2D eigenvalue weighted by Gasteiger charge is 2.56. The number of carbonyl (C=O) groups is 2. The second-order valence-electron chi connectivity index (χ2n) is 9.77. The number of rotatable bonds is 3. The maximum absolute atomic E-state index is 11.7. The van der Waals surface area contributed by atoms with Crippen LogP contribution < -0.4 is 0 Å². The molecular formula is C23H34O6. The summed E-state index contributed by atoms with van der Waals surface area (Å²) in [6, 6.07) is 0. The van der Waals surface area contributed by atoms with Crippen LogP contribution in [0.2, 0.25) is 0 Å². The van der Waals surface area contributed by atoms with Crippen molar-refractivity contribution in [1.29, 1.82) is 0 Å². The Morgan fingerprint density at radius 3 is 2.31 bits per heavy atom. The third-order valence-corrected chi connectivity index (χ3v) is 6.67. The second kappa shape index (κ2) is 7.88. The van der Waals surface area contributed by atoms with Gasteiger partial charge >= 0.3 is 11.9 Å². The van der Waals surface area contributed by atoms with E-state index in [1.165, 1.54) is 20.3 Å². The first-order valence-corrected chi connectivity index (χ1v) is 10.5. The molecule has 0 aromatic carbocycles. The fourth-order valence-electron chi connectivity index (χ4n) is 5.80. The number of aliphatic hydroxyl groups is 1. The quantitative estimate of drug-likeness (QED) is 0.716. The summed E-state index contributed by atoms with van der Waals surface area (Å²) in [6.45, 7) is 11.4. The zero-order valence-electron chi connectivity index (χ0n) is 18.4. The molecule has 2 fully saturated rings. The molecule has 1 aliphatic heterocycles. The zero-order chi connectivity index (χ0) is 21.6. The fraction of sp³-hybridized carbons (Fsp3) is 0.739. The van der Waals surface area contributed by atoms with Crippen molar-refractivity contribution < 1.29 is 28.9 Å². The number of fused-ring (bicyclic) bond motifs is 1. The van der Waals surface area contributed by atoms with Crippen molar-refractivity contribution in [2.45, 2.75) is 85.9 Å². The molecule has 6 heteroatoms. The van der Waals surface area contributed by atoms with Crippen molar-refractivity contribution in [2.75, 3.05) is 0 Å². The van der Waals surface area contributed by atoms with E-state index in [0.29, 0.717) is 0 Å². The summed E-state index contributed by atoms with van der Waals surface area (Å²) >= 11 is 0. The summed E-state index contributed by atoms with van der Waals surface area (Å²) in [4.78, 5) is 23.3. The molecule has 3 aliphatic rings. The van der Waals surface area contributed by atoms with Crippen molar-refractivity contribution in [2.24, 2.45) is 22.7 Å². The molecule has 3 rings (SSSR count). The first-order chi connectivity index (χ1) is 13.5. The highest BCUT2D eigenvalue weighted by Crippen LogP contribution is 2.57. The molecule has 0 aromatic rings. The standard InChI is InChI=1S/C23H34O6/c1-7-15-16(23(6)10-8-9-22(4,5)12-23)11-17(26)19-18(15)20(27-13(2)24)29-21(19)28-14(3)25/h7,11,17-21,26H,8-10,12H2,1-6H3/t17-,18-,19+,20-,21+,23-/m0/s1. The number of hydrogen-bond donors (Lipinski definition) is 1. The Bertz CT molecular complexity index is 736. The Hall–Kier alpha value is -1.66. The Morgan fingerprint density at radius 2 is 1.76 bits per heavy atom. The molecule has 0 spiro atoms. The number of ether oxygens (including phenoxy) is 3. The summed E-state index contributed by atoms with van der Waals surface area (Å²) in [6.07, 6.45) is 5.59. The van der Waals surface area contributed by atoms with E-state index < -0.39 is 36.5 Å². The van der Waals surface area contributed by atoms with Gasteiger partial charge in [0.2, 0.25) is 12.6 Å².